The van der Waals surface area contributed by atoms with Crippen molar-refractivity contribution in [2.24, 2.45) is 0 Å². The minimum Gasteiger partial charge on any atom is -0.452 e. The lowest BCUT2D eigenvalue weighted by molar-refractivity contribution is 0.101. The molecule has 1 heterocycles. The van der Waals surface area contributed by atoms with Gasteiger partial charge in [-0.05, 0) is 19.9 Å². The summed E-state index contributed by atoms with van der Waals surface area (Å²) in [5.41, 5.74) is 3.46. The molecular formula is C17H14O2. The van der Waals surface area contributed by atoms with Gasteiger partial charge in [-0.15, -0.1) is 0 Å². The summed E-state index contributed by atoms with van der Waals surface area (Å²) in [6, 6.07) is 15.3. The van der Waals surface area contributed by atoms with Gasteiger partial charge in [-0.3, -0.25) is 4.79 Å². The molecule has 0 saturated carbocycles. The average Bonchev–Trinajstić information content (AvgIpc) is 2.77. The van der Waals surface area contributed by atoms with Gasteiger partial charge in [-0.2, -0.15) is 0 Å². The van der Waals surface area contributed by atoms with Gasteiger partial charge in [0.1, 0.15) is 5.58 Å². The highest BCUT2D eigenvalue weighted by Crippen LogP contribution is 2.26. The molecule has 0 spiro atoms. The second-order valence-electron chi connectivity index (χ2n) is 4.75. The third-order valence-electron chi connectivity index (χ3n) is 3.36. The number of carbonyl (C=O) groups excluding carboxylic acids is 1. The molecule has 0 atom stereocenters. The summed E-state index contributed by atoms with van der Waals surface area (Å²) >= 11 is 0. The van der Waals surface area contributed by atoms with Crippen LogP contribution in [0.5, 0.6) is 0 Å². The molecule has 0 bridgehead atoms. The van der Waals surface area contributed by atoms with Crippen molar-refractivity contribution < 1.29 is 9.21 Å². The third-order valence-corrected chi connectivity index (χ3v) is 3.36. The Morgan fingerprint density at radius 2 is 1.63 bits per heavy atom. The van der Waals surface area contributed by atoms with Crippen LogP contribution in [0.4, 0.5) is 0 Å². The van der Waals surface area contributed by atoms with E-state index >= 15 is 0 Å². The molecule has 0 amide bonds. The highest BCUT2D eigenvalue weighted by atomic mass is 16.3. The summed E-state index contributed by atoms with van der Waals surface area (Å²) in [4.78, 5) is 12.5. The summed E-state index contributed by atoms with van der Waals surface area (Å²) in [7, 11) is 0. The first-order valence-electron chi connectivity index (χ1n) is 6.26. The second-order valence-corrected chi connectivity index (χ2v) is 4.75. The van der Waals surface area contributed by atoms with Crippen LogP contribution in [0.3, 0.4) is 0 Å². The Labute approximate surface area is 111 Å². The van der Waals surface area contributed by atoms with Crippen LogP contribution in [0.15, 0.2) is 52.9 Å². The topological polar surface area (TPSA) is 30.2 Å². The lowest BCUT2D eigenvalue weighted by atomic mass is 10.0. The number of fused-ring (bicyclic) bond motifs is 1. The molecule has 2 nitrogen and oxygen atoms in total. The SMILES string of the molecule is Cc1ccc(C(=O)c2oc3ccccc3c2C)cc1. The van der Waals surface area contributed by atoms with Gasteiger partial charge >= 0.3 is 0 Å². The number of rotatable bonds is 2. The first-order chi connectivity index (χ1) is 9.16. The van der Waals surface area contributed by atoms with Crippen molar-refractivity contribution in [3.8, 4) is 0 Å². The molecule has 0 aliphatic rings. The summed E-state index contributed by atoms with van der Waals surface area (Å²) < 4.78 is 5.70. The summed E-state index contributed by atoms with van der Waals surface area (Å²) in [6.45, 7) is 3.92. The van der Waals surface area contributed by atoms with Crippen LogP contribution in [-0.2, 0) is 0 Å². The average molecular weight is 250 g/mol. The number of aryl methyl sites for hydroxylation is 2. The van der Waals surface area contributed by atoms with Crippen molar-refractivity contribution >= 4 is 16.8 Å². The van der Waals surface area contributed by atoms with E-state index in [4.69, 9.17) is 4.42 Å². The fourth-order valence-electron chi connectivity index (χ4n) is 2.23. The predicted octanol–water partition coefficient (Wildman–Crippen LogP) is 4.28. The molecular weight excluding hydrogens is 236 g/mol. The Morgan fingerprint density at radius 1 is 0.947 bits per heavy atom. The Kier molecular flexibility index (Phi) is 2.71. The molecule has 19 heavy (non-hydrogen) atoms. The van der Waals surface area contributed by atoms with Gasteiger partial charge in [0.05, 0.1) is 0 Å². The molecule has 0 radical (unpaired) electrons. The molecule has 1 aromatic heterocycles. The predicted molar refractivity (Wildman–Crippen MR) is 75.6 cm³/mol. The Morgan fingerprint density at radius 3 is 2.32 bits per heavy atom. The van der Waals surface area contributed by atoms with Crippen LogP contribution >= 0.6 is 0 Å². The van der Waals surface area contributed by atoms with E-state index in [0.717, 1.165) is 22.1 Å². The van der Waals surface area contributed by atoms with Crippen molar-refractivity contribution in [2.75, 3.05) is 0 Å². The number of benzene rings is 2. The van der Waals surface area contributed by atoms with E-state index in [2.05, 4.69) is 0 Å². The van der Waals surface area contributed by atoms with E-state index in [1.165, 1.54) is 0 Å². The molecule has 3 rings (SSSR count). The first kappa shape index (κ1) is 11.7. The van der Waals surface area contributed by atoms with Crippen LogP contribution < -0.4 is 0 Å². The van der Waals surface area contributed by atoms with Gasteiger partial charge in [0, 0.05) is 16.5 Å². The van der Waals surface area contributed by atoms with Gasteiger partial charge in [0.25, 0.3) is 0 Å². The van der Waals surface area contributed by atoms with Crippen LogP contribution in [0.1, 0.15) is 27.2 Å². The van der Waals surface area contributed by atoms with E-state index in [-0.39, 0.29) is 5.78 Å². The number of furan rings is 1. The van der Waals surface area contributed by atoms with Crippen molar-refractivity contribution in [1.82, 2.24) is 0 Å². The number of ketones is 1. The Bertz CT molecular complexity index is 749. The van der Waals surface area contributed by atoms with Gasteiger partial charge in [-0.25, -0.2) is 0 Å². The monoisotopic (exact) mass is 250 g/mol. The summed E-state index contributed by atoms with van der Waals surface area (Å²) in [6.07, 6.45) is 0. The maximum atomic E-state index is 12.5. The van der Waals surface area contributed by atoms with Crippen LogP contribution in [0.25, 0.3) is 11.0 Å². The zero-order valence-corrected chi connectivity index (χ0v) is 10.9. The normalized spacial score (nSPS) is 10.8. The molecule has 0 unspecified atom stereocenters. The van der Waals surface area contributed by atoms with E-state index in [1.54, 1.807) is 0 Å². The third kappa shape index (κ3) is 1.95. The lowest BCUT2D eigenvalue weighted by Gasteiger charge is -1.99. The fourth-order valence-corrected chi connectivity index (χ4v) is 2.23. The van der Waals surface area contributed by atoms with Gasteiger partial charge in [0.2, 0.25) is 5.78 Å². The van der Waals surface area contributed by atoms with Crippen molar-refractivity contribution in [3.63, 3.8) is 0 Å². The summed E-state index contributed by atoms with van der Waals surface area (Å²) in [5, 5.41) is 0.998. The van der Waals surface area contributed by atoms with Gasteiger partial charge in [-0.1, -0.05) is 48.0 Å². The number of para-hydroxylation sites is 1. The first-order valence-corrected chi connectivity index (χ1v) is 6.26. The minimum absolute atomic E-state index is 0.0614. The van der Waals surface area contributed by atoms with Crippen LogP contribution in [0.2, 0.25) is 0 Å². The summed E-state index contributed by atoms with van der Waals surface area (Å²) in [5.74, 6) is 0.374. The molecule has 0 N–H and O–H groups in total. The van der Waals surface area contributed by atoms with Gasteiger partial charge < -0.3 is 4.42 Å². The number of carbonyl (C=O) groups is 1. The maximum absolute atomic E-state index is 12.5. The highest BCUT2D eigenvalue weighted by Gasteiger charge is 2.18. The van der Waals surface area contributed by atoms with Crippen molar-refractivity contribution in [3.05, 3.63) is 71.0 Å². The standard InChI is InChI=1S/C17H14O2/c1-11-7-9-13(10-8-11)16(18)17-12(2)14-5-3-4-6-15(14)19-17/h3-10H,1-2H3. The van der Waals surface area contributed by atoms with E-state index in [9.17, 15) is 4.79 Å². The number of hydrogen-bond acceptors (Lipinski definition) is 2. The maximum Gasteiger partial charge on any atom is 0.228 e. The van der Waals surface area contributed by atoms with E-state index < -0.39 is 0 Å². The molecule has 2 aromatic carbocycles. The quantitative estimate of drug-likeness (QED) is 0.635. The Hall–Kier alpha value is -2.35. The van der Waals surface area contributed by atoms with E-state index in [0.29, 0.717) is 11.3 Å². The molecule has 2 heteroatoms. The Balaban J connectivity index is 2.11. The van der Waals surface area contributed by atoms with Crippen LogP contribution in [-0.4, -0.2) is 5.78 Å². The zero-order valence-electron chi connectivity index (χ0n) is 10.9. The fraction of sp³-hybridized carbons (Fsp3) is 0.118. The zero-order chi connectivity index (χ0) is 13.4. The molecule has 0 aliphatic heterocycles. The van der Waals surface area contributed by atoms with Crippen molar-refractivity contribution in [1.29, 1.82) is 0 Å². The van der Waals surface area contributed by atoms with Crippen LogP contribution in [0, 0.1) is 13.8 Å². The molecule has 0 fully saturated rings. The van der Waals surface area contributed by atoms with Gasteiger partial charge in [0.15, 0.2) is 5.76 Å². The molecule has 94 valence electrons. The minimum atomic E-state index is -0.0614. The molecule has 0 saturated heterocycles. The largest absolute Gasteiger partial charge is 0.452 e. The van der Waals surface area contributed by atoms with Crippen molar-refractivity contribution in [2.45, 2.75) is 13.8 Å². The molecule has 0 aliphatic carbocycles. The number of hydrogen-bond donors (Lipinski definition) is 0. The smallest absolute Gasteiger partial charge is 0.228 e. The lowest BCUT2D eigenvalue weighted by Crippen LogP contribution is -2.01. The second kappa shape index (κ2) is 4.39. The molecule has 3 aromatic rings. The highest BCUT2D eigenvalue weighted by molar-refractivity contribution is 6.10. The van der Waals surface area contributed by atoms with E-state index in [1.807, 2.05) is 62.4 Å².